The molecule has 5 nitrogen and oxygen atoms in total. The number of hydrogen-bond acceptors (Lipinski definition) is 5. The fourth-order valence-electron chi connectivity index (χ4n) is 2.16. The van der Waals surface area contributed by atoms with Crippen molar-refractivity contribution in [1.82, 2.24) is 9.29 Å². The highest BCUT2D eigenvalue weighted by atomic mass is 35.5. The van der Waals surface area contributed by atoms with Gasteiger partial charge in [-0.05, 0) is 18.6 Å². The standard InChI is InChI=1S/C12H9ClN2O3S2/c1-7-3-2-4-8-11(7)20(17,18)15(12(8)16)5-10-14-9(13)6-19-10/h2-4,6H,5H2,1H3. The van der Waals surface area contributed by atoms with Crippen molar-refractivity contribution in [2.24, 2.45) is 0 Å². The Labute approximate surface area is 124 Å². The number of hydrogen-bond donors (Lipinski definition) is 0. The van der Waals surface area contributed by atoms with Crippen LogP contribution < -0.4 is 0 Å². The number of carbonyl (C=O) groups is 1. The molecule has 104 valence electrons. The van der Waals surface area contributed by atoms with E-state index >= 15 is 0 Å². The van der Waals surface area contributed by atoms with E-state index in [1.807, 2.05) is 0 Å². The van der Waals surface area contributed by atoms with Gasteiger partial charge in [0.05, 0.1) is 12.1 Å². The smallest absolute Gasteiger partial charge is 0.268 e. The summed E-state index contributed by atoms with van der Waals surface area (Å²) in [7, 11) is -3.81. The highest BCUT2D eigenvalue weighted by Gasteiger charge is 2.42. The zero-order valence-electron chi connectivity index (χ0n) is 10.3. The number of carbonyl (C=O) groups excluding carboxylic acids is 1. The van der Waals surface area contributed by atoms with E-state index in [9.17, 15) is 13.2 Å². The Morgan fingerprint density at radius 1 is 1.40 bits per heavy atom. The van der Waals surface area contributed by atoms with Crippen molar-refractivity contribution in [3.63, 3.8) is 0 Å². The molecule has 0 unspecified atom stereocenters. The lowest BCUT2D eigenvalue weighted by atomic mass is 10.1. The first-order valence-corrected chi connectivity index (χ1v) is 8.37. The summed E-state index contributed by atoms with van der Waals surface area (Å²) >= 11 is 6.93. The summed E-state index contributed by atoms with van der Waals surface area (Å²) in [4.78, 5) is 16.3. The van der Waals surface area contributed by atoms with Gasteiger partial charge in [0.25, 0.3) is 15.9 Å². The summed E-state index contributed by atoms with van der Waals surface area (Å²) in [6.07, 6.45) is 0. The van der Waals surface area contributed by atoms with Gasteiger partial charge in [-0.1, -0.05) is 23.7 Å². The lowest BCUT2D eigenvalue weighted by Crippen LogP contribution is -2.29. The van der Waals surface area contributed by atoms with Gasteiger partial charge >= 0.3 is 0 Å². The van der Waals surface area contributed by atoms with Crippen molar-refractivity contribution in [3.8, 4) is 0 Å². The first-order chi connectivity index (χ1) is 9.41. The van der Waals surface area contributed by atoms with Crippen molar-refractivity contribution >= 4 is 38.9 Å². The maximum atomic E-state index is 12.5. The van der Waals surface area contributed by atoms with E-state index in [4.69, 9.17) is 11.6 Å². The van der Waals surface area contributed by atoms with Crippen LogP contribution in [-0.4, -0.2) is 23.6 Å². The third kappa shape index (κ3) is 1.93. The van der Waals surface area contributed by atoms with E-state index in [-0.39, 0.29) is 17.0 Å². The molecule has 3 rings (SSSR count). The minimum absolute atomic E-state index is 0.0904. The highest BCUT2D eigenvalue weighted by Crippen LogP contribution is 2.34. The number of halogens is 1. The van der Waals surface area contributed by atoms with Crippen LogP contribution >= 0.6 is 22.9 Å². The van der Waals surface area contributed by atoms with Crippen LogP contribution in [0.2, 0.25) is 5.15 Å². The summed E-state index contributed by atoms with van der Waals surface area (Å²) < 4.78 is 25.8. The maximum absolute atomic E-state index is 12.5. The van der Waals surface area contributed by atoms with Gasteiger partial charge in [-0.3, -0.25) is 4.79 Å². The van der Waals surface area contributed by atoms with Crippen LogP contribution in [0.15, 0.2) is 28.5 Å². The topological polar surface area (TPSA) is 67.3 Å². The molecule has 0 spiro atoms. The van der Waals surface area contributed by atoms with Crippen LogP contribution in [0.25, 0.3) is 0 Å². The van der Waals surface area contributed by atoms with E-state index in [0.717, 1.165) is 4.31 Å². The van der Waals surface area contributed by atoms with E-state index in [2.05, 4.69) is 4.98 Å². The van der Waals surface area contributed by atoms with Crippen molar-refractivity contribution in [2.75, 3.05) is 0 Å². The molecule has 0 aliphatic carbocycles. The number of benzene rings is 1. The number of aryl methyl sites for hydroxylation is 1. The van der Waals surface area contributed by atoms with Gasteiger partial charge in [-0.15, -0.1) is 11.3 Å². The van der Waals surface area contributed by atoms with E-state index < -0.39 is 15.9 Å². The van der Waals surface area contributed by atoms with Crippen LogP contribution in [0.5, 0.6) is 0 Å². The van der Waals surface area contributed by atoms with Gasteiger partial charge in [0.15, 0.2) is 0 Å². The number of nitrogens with zero attached hydrogens (tertiary/aromatic N) is 2. The molecule has 0 saturated heterocycles. The Kier molecular flexibility index (Phi) is 3.07. The maximum Gasteiger partial charge on any atom is 0.269 e. The summed E-state index contributed by atoms with van der Waals surface area (Å²) in [6, 6.07) is 4.87. The van der Waals surface area contributed by atoms with Gasteiger partial charge in [0.2, 0.25) is 0 Å². The number of aromatic nitrogens is 1. The Bertz CT molecular complexity index is 814. The molecule has 0 atom stereocenters. The molecular weight excluding hydrogens is 320 g/mol. The van der Waals surface area contributed by atoms with Crippen LogP contribution in [0, 0.1) is 6.92 Å². The molecule has 0 bridgehead atoms. The fraction of sp³-hybridized carbons (Fsp3) is 0.167. The van der Waals surface area contributed by atoms with Crippen molar-refractivity contribution in [3.05, 3.63) is 44.9 Å². The minimum atomic E-state index is -3.81. The minimum Gasteiger partial charge on any atom is -0.268 e. The number of rotatable bonds is 2. The zero-order valence-corrected chi connectivity index (χ0v) is 12.7. The average Bonchev–Trinajstić information content (AvgIpc) is 2.86. The molecule has 0 fully saturated rings. The van der Waals surface area contributed by atoms with Crippen molar-refractivity contribution in [1.29, 1.82) is 0 Å². The van der Waals surface area contributed by atoms with Crippen LogP contribution in [0.3, 0.4) is 0 Å². The van der Waals surface area contributed by atoms with E-state index in [0.29, 0.717) is 15.7 Å². The Morgan fingerprint density at radius 2 is 2.15 bits per heavy atom. The van der Waals surface area contributed by atoms with Gasteiger partial charge in [0.1, 0.15) is 15.1 Å². The molecule has 0 radical (unpaired) electrons. The Balaban J connectivity index is 2.08. The molecule has 1 aliphatic rings. The third-order valence-corrected chi connectivity index (χ3v) is 6.11. The molecule has 1 amide bonds. The molecule has 20 heavy (non-hydrogen) atoms. The SMILES string of the molecule is Cc1cccc2c1S(=O)(=O)N(Cc1nc(Cl)cs1)C2=O. The van der Waals surface area contributed by atoms with Crippen LogP contribution in [0.1, 0.15) is 20.9 Å². The average molecular weight is 329 g/mol. The van der Waals surface area contributed by atoms with E-state index in [1.54, 1.807) is 24.4 Å². The monoisotopic (exact) mass is 328 g/mol. The molecule has 1 aromatic carbocycles. The zero-order chi connectivity index (χ0) is 14.5. The van der Waals surface area contributed by atoms with Crippen molar-refractivity contribution < 1.29 is 13.2 Å². The normalized spacial score (nSPS) is 16.5. The highest BCUT2D eigenvalue weighted by molar-refractivity contribution is 7.90. The molecule has 2 heterocycles. The second-order valence-corrected chi connectivity index (χ2v) is 7.46. The second kappa shape index (κ2) is 4.54. The molecule has 0 N–H and O–H groups in total. The summed E-state index contributed by atoms with van der Waals surface area (Å²) in [5.41, 5.74) is 0.781. The molecule has 0 saturated carbocycles. The summed E-state index contributed by atoms with van der Waals surface area (Å²) in [5.74, 6) is -0.518. The molecule has 2 aromatic rings. The number of sulfonamides is 1. The van der Waals surface area contributed by atoms with Crippen LogP contribution in [-0.2, 0) is 16.6 Å². The number of amides is 1. The lowest BCUT2D eigenvalue weighted by molar-refractivity contribution is 0.0865. The predicted octanol–water partition coefficient (Wildman–Crippen LogP) is 2.45. The summed E-state index contributed by atoms with van der Waals surface area (Å²) in [5, 5.41) is 2.38. The number of fused-ring (bicyclic) bond motifs is 1. The van der Waals surface area contributed by atoms with Gasteiger partial charge in [-0.25, -0.2) is 17.7 Å². The Morgan fingerprint density at radius 3 is 2.75 bits per heavy atom. The number of thiazole rings is 1. The first-order valence-electron chi connectivity index (χ1n) is 5.68. The second-order valence-electron chi connectivity index (χ2n) is 4.33. The molecular formula is C12H9ClN2O3S2. The predicted molar refractivity (Wildman–Crippen MR) is 75.4 cm³/mol. The molecule has 1 aromatic heterocycles. The summed E-state index contributed by atoms with van der Waals surface area (Å²) in [6.45, 7) is 1.58. The molecule has 1 aliphatic heterocycles. The van der Waals surface area contributed by atoms with Gasteiger partial charge < -0.3 is 0 Å². The quantitative estimate of drug-likeness (QED) is 0.849. The Hall–Kier alpha value is -1.44. The van der Waals surface area contributed by atoms with Crippen LogP contribution in [0.4, 0.5) is 0 Å². The fourth-order valence-corrected chi connectivity index (χ4v) is 4.90. The third-order valence-electron chi connectivity index (χ3n) is 3.02. The first kappa shape index (κ1) is 13.5. The van der Waals surface area contributed by atoms with Crippen molar-refractivity contribution in [2.45, 2.75) is 18.4 Å². The van der Waals surface area contributed by atoms with Gasteiger partial charge in [0, 0.05) is 5.38 Å². The largest absolute Gasteiger partial charge is 0.269 e. The lowest BCUT2D eigenvalue weighted by Gasteiger charge is -2.13. The van der Waals surface area contributed by atoms with E-state index in [1.165, 1.54) is 17.4 Å². The van der Waals surface area contributed by atoms with Gasteiger partial charge in [-0.2, -0.15) is 0 Å². The molecule has 8 heteroatoms.